The van der Waals surface area contributed by atoms with Crippen LogP contribution in [-0.2, 0) is 32.7 Å². The third-order valence-electron chi connectivity index (χ3n) is 5.10. The van der Waals surface area contributed by atoms with E-state index in [0.717, 1.165) is 55.4 Å². The third kappa shape index (κ3) is 3.20. The molecular weight excluding hydrogens is 326 g/mol. The van der Waals surface area contributed by atoms with Crippen molar-refractivity contribution in [2.45, 2.75) is 46.5 Å². The quantitative estimate of drug-likeness (QED) is 0.764. The van der Waals surface area contributed by atoms with Gasteiger partial charge in [-0.15, -0.1) is 0 Å². The smallest absolute Gasteiger partial charge is 0.134 e. The Morgan fingerprint density at radius 1 is 1.23 bits per heavy atom. The zero-order valence-electron chi connectivity index (χ0n) is 15.4. The first-order chi connectivity index (χ1) is 12.7. The highest BCUT2D eigenvalue weighted by Gasteiger charge is 2.24. The zero-order chi connectivity index (χ0) is 18.1. The maximum Gasteiger partial charge on any atom is 0.134 e. The molecule has 0 aliphatic carbocycles. The van der Waals surface area contributed by atoms with Crippen LogP contribution in [0.2, 0.25) is 0 Å². The van der Waals surface area contributed by atoms with E-state index in [2.05, 4.69) is 41.2 Å². The van der Waals surface area contributed by atoms with Gasteiger partial charge in [-0.1, -0.05) is 18.2 Å². The second-order valence-electron chi connectivity index (χ2n) is 6.92. The monoisotopic (exact) mass is 351 g/mol. The fourth-order valence-corrected chi connectivity index (χ4v) is 3.81. The minimum Gasteiger partial charge on any atom is -0.461 e. The van der Waals surface area contributed by atoms with Crippen LogP contribution in [0.25, 0.3) is 11.3 Å². The molecule has 3 aromatic rings. The van der Waals surface area contributed by atoms with E-state index >= 15 is 0 Å². The van der Waals surface area contributed by atoms with Crippen LogP contribution in [-0.4, -0.2) is 26.3 Å². The first kappa shape index (κ1) is 17.1. The molecule has 0 saturated carbocycles. The van der Waals surface area contributed by atoms with Crippen LogP contribution in [0.1, 0.15) is 35.2 Å². The highest BCUT2D eigenvalue weighted by Crippen LogP contribution is 2.26. The van der Waals surface area contributed by atoms with Gasteiger partial charge in [0.15, 0.2) is 0 Å². The van der Waals surface area contributed by atoms with Gasteiger partial charge in [0.05, 0.1) is 12.3 Å². The number of aliphatic hydroxyl groups is 1. The van der Waals surface area contributed by atoms with Crippen molar-refractivity contribution in [3.63, 3.8) is 0 Å². The van der Waals surface area contributed by atoms with Gasteiger partial charge in [0.25, 0.3) is 0 Å². The molecule has 136 valence electrons. The highest BCUT2D eigenvalue weighted by atomic mass is 16.3. The Balaban J connectivity index is 1.53. The summed E-state index contributed by atoms with van der Waals surface area (Å²) in [6.07, 6.45) is 0.979. The summed E-state index contributed by atoms with van der Waals surface area (Å²) < 4.78 is 7.79. The first-order valence-corrected chi connectivity index (χ1v) is 9.24. The van der Waals surface area contributed by atoms with E-state index in [0.29, 0.717) is 0 Å². The molecule has 1 aliphatic rings. The molecule has 5 heteroatoms. The molecule has 5 nitrogen and oxygen atoms in total. The number of benzene rings is 1. The standard InChI is InChI=1S/C21H25N3O2/c1-3-24-20-9-10-23(13-18(20)19(14-25)22-24)12-16-5-4-6-17(11-16)21-8-7-15(2)26-21/h4-8,11,25H,3,9-10,12-14H2,1-2H3. The molecule has 0 bridgehead atoms. The van der Waals surface area contributed by atoms with Crippen molar-refractivity contribution in [2.24, 2.45) is 0 Å². The minimum atomic E-state index is 0.0104. The molecule has 26 heavy (non-hydrogen) atoms. The normalized spacial score (nSPS) is 14.6. The molecule has 1 N–H and O–H groups in total. The average Bonchev–Trinajstić information content (AvgIpc) is 3.25. The Morgan fingerprint density at radius 2 is 2.12 bits per heavy atom. The van der Waals surface area contributed by atoms with Gasteiger partial charge >= 0.3 is 0 Å². The van der Waals surface area contributed by atoms with Gasteiger partial charge in [-0.3, -0.25) is 9.58 Å². The second-order valence-corrected chi connectivity index (χ2v) is 6.92. The number of furan rings is 1. The largest absolute Gasteiger partial charge is 0.461 e. The van der Waals surface area contributed by atoms with Gasteiger partial charge in [0.1, 0.15) is 11.5 Å². The predicted octanol–water partition coefficient (Wildman–Crippen LogP) is 3.52. The van der Waals surface area contributed by atoms with Crippen LogP contribution in [0, 0.1) is 6.92 Å². The van der Waals surface area contributed by atoms with E-state index in [1.165, 1.54) is 16.8 Å². The van der Waals surface area contributed by atoms with Crippen molar-refractivity contribution in [1.29, 1.82) is 0 Å². The van der Waals surface area contributed by atoms with E-state index in [-0.39, 0.29) is 6.61 Å². The summed E-state index contributed by atoms with van der Waals surface area (Å²) in [4.78, 5) is 2.43. The summed E-state index contributed by atoms with van der Waals surface area (Å²) in [5, 5.41) is 14.2. The molecule has 0 unspecified atom stereocenters. The maximum absolute atomic E-state index is 9.64. The van der Waals surface area contributed by atoms with Crippen LogP contribution >= 0.6 is 0 Å². The zero-order valence-corrected chi connectivity index (χ0v) is 15.4. The number of aromatic nitrogens is 2. The molecule has 0 fully saturated rings. The minimum absolute atomic E-state index is 0.0104. The first-order valence-electron chi connectivity index (χ1n) is 9.24. The predicted molar refractivity (Wildman–Crippen MR) is 101 cm³/mol. The van der Waals surface area contributed by atoms with Crippen LogP contribution in [0.5, 0.6) is 0 Å². The molecule has 3 heterocycles. The van der Waals surface area contributed by atoms with Crippen molar-refractivity contribution in [3.05, 3.63) is 64.7 Å². The number of fused-ring (bicyclic) bond motifs is 1. The lowest BCUT2D eigenvalue weighted by molar-refractivity contribution is 0.236. The van der Waals surface area contributed by atoms with E-state index in [1.807, 2.05) is 23.7 Å². The van der Waals surface area contributed by atoms with Gasteiger partial charge < -0.3 is 9.52 Å². The van der Waals surface area contributed by atoms with E-state index in [9.17, 15) is 5.11 Å². The number of rotatable bonds is 5. The van der Waals surface area contributed by atoms with Gasteiger partial charge in [0, 0.05) is 49.4 Å². The molecule has 2 aromatic heterocycles. The van der Waals surface area contributed by atoms with Crippen LogP contribution in [0.15, 0.2) is 40.8 Å². The van der Waals surface area contributed by atoms with Crippen molar-refractivity contribution >= 4 is 0 Å². The van der Waals surface area contributed by atoms with Crippen molar-refractivity contribution < 1.29 is 9.52 Å². The summed E-state index contributed by atoms with van der Waals surface area (Å²) in [5.41, 5.74) is 5.70. The van der Waals surface area contributed by atoms with Gasteiger partial charge in [0.2, 0.25) is 0 Å². The summed E-state index contributed by atoms with van der Waals surface area (Å²) in [7, 11) is 0. The van der Waals surface area contributed by atoms with E-state index in [1.54, 1.807) is 0 Å². The average molecular weight is 351 g/mol. The highest BCUT2D eigenvalue weighted by molar-refractivity contribution is 5.58. The fourth-order valence-electron chi connectivity index (χ4n) is 3.81. The molecule has 0 amide bonds. The lowest BCUT2D eigenvalue weighted by Crippen LogP contribution is -2.31. The van der Waals surface area contributed by atoms with Crippen LogP contribution < -0.4 is 0 Å². The van der Waals surface area contributed by atoms with Gasteiger partial charge in [-0.25, -0.2) is 0 Å². The number of nitrogens with zero attached hydrogens (tertiary/aromatic N) is 3. The maximum atomic E-state index is 9.64. The summed E-state index contributed by atoms with van der Waals surface area (Å²) in [6.45, 7) is 7.66. The van der Waals surface area contributed by atoms with Crippen LogP contribution in [0.4, 0.5) is 0 Å². The van der Waals surface area contributed by atoms with Crippen molar-refractivity contribution in [1.82, 2.24) is 14.7 Å². The Bertz CT molecular complexity index is 910. The summed E-state index contributed by atoms with van der Waals surface area (Å²) >= 11 is 0. The van der Waals surface area contributed by atoms with Crippen molar-refractivity contribution in [3.8, 4) is 11.3 Å². The van der Waals surface area contributed by atoms with Crippen LogP contribution in [0.3, 0.4) is 0 Å². The summed E-state index contributed by atoms with van der Waals surface area (Å²) in [6, 6.07) is 12.6. The lowest BCUT2D eigenvalue weighted by Gasteiger charge is -2.27. The SMILES string of the molecule is CCn1nc(CO)c2c1CCN(Cc1cccc(-c3ccc(C)o3)c1)C2. The van der Waals surface area contributed by atoms with E-state index in [4.69, 9.17) is 4.42 Å². The van der Waals surface area contributed by atoms with Gasteiger partial charge in [-0.2, -0.15) is 5.10 Å². The van der Waals surface area contributed by atoms with Crippen molar-refractivity contribution in [2.75, 3.05) is 6.54 Å². The molecular formula is C21H25N3O2. The number of aliphatic hydroxyl groups excluding tert-OH is 1. The molecule has 1 aromatic carbocycles. The van der Waals surface area contributed by atoms with E-state index < -0.39 is 0 Å². The molecule has 0 saturated heterocycles. The second kappa shape index (κ2) is 7.09. The number of aryl methyl sites for hydroxylation is 2. The number of hydrogen-bond donors (Lipinski definition) is 1. The molecule has 1 aliphatic heterocycles. The fraction of sp³-hybridized carbons (Fsp3) is 0.381. The Labute approximate surface area is 153 Å². The molecule has 4 rings (SSSR count). The molecule has 0 radical (unpaired) electrons. The molecule has 0 atom stereocenters. The Hall–Kier alpha value is -2.37. The Morgan fingerprint density at radius 3 is 2.85 bits per heavy atom. The topological polar surface area (TPSA) is 54.4 Å². The third-order valence-corrected chi connectivity index (χ3v) is 5.10. The number of hydrogen-bond acceptors (Lipinski definition) is 4. The Kier molecular flexibility index (Phi) is 4.66. The van der Waals surface area contributed by atoms with Gasteiger partial charge in [-0.05, 0) is 37.6 Å². The lowest BCUT2D eigenvalue weighted by atomic mass is 10.0. The molecule has 0 spiro atoms. The summed E-state index contributed by atoms with van der Waals surface area (Å²) in [5.74, 6) is 1.84.